The SMILES string of the molecule is Cc1ccc(C(=O)Nc2ccnc(C(=O)N(C)C)c2)cc1Cl. The highest BCUT2D eigenvalue weighted by molar-refractivity contribution is 6.31. The fraction of sp³-hybridized carbons (Fsp3) is 0.188. The van der Waals surface area contributed by atoms with Crippen molar-refractivity contribution in [2.75, 3.05) is 19.4 Å². The van der Waals surface area contributed by atoms with Gasteiger partial charge >= 0.3 is 0 Å². The zero-order valence-corrected chi connectivity index (χ0v) is 13.3. The number of halogens is 1. The molecule has 0 saturated carbocycles. The number of rotatable bonds is 3. The molecule has 2 amide bonds. The zero-order valence-electron chi connectivity index (χ0n) is 12.6. The highest BCUT2D eigenvalue weighted by atomic mass is 35.5. The van der Waals surface area contributed by atoms with E-state index in [0.717, 1.165) is 5.56 Å². The Hall–Kier alpha value is -2.40. The number of hydrogen-bond acceptors (Lipinski definition) is 3. The largest absolute Gasteiger partial charge is 0.343 e. The summed E-state index contributed by atoms with van der Waals surface area (Å²) in [6, 6.07) is 8.25. The van der Waals surface area contributed by atoms with E-state index in [1.54, 1.807) is 38.4 Å². The van der Waals surface area contributed by atoms with Crippen molar-refractivity contribution in [1.82, 2.24) is 9.88 Å². The second-order valence-corrected chi connectivity index (χ2v) is 5.45. The van der Waals surface area contributed by atoms with Crippen LogP contribution in [0.15, 0.2) is 36.5 Å². The Bertz CT molecular complexity index is 729. The lowest BCUT2D eigenvalue weighted by atomic mass is 10.1. The van der Waals surface area contributed by atoms with E-state index < -0.39 is 0 Å². The Kier molecular flexibility index (Phi) is 4.78. The summed E-state index contributed by atoms with van der Waals surface area (Å²) in [5.41, 5.74) is 2.13. The van der Waals surface area contributed by atoms with Gasteiger partial charge in [0.15, 0.2) is 0 Å². The van der Waals surface area contributed by atoms with Gasteiger partial charge in [0, 0.05) is 36.6 Å². The number of pyridine rings is 1. The first-order valence-electron chi connectivity index (χ1n) is 6.63. The highest BCUT2D eigenvalue weighted by Crippen LogP contribution is 2.18. The van der Waals surface area contributed by atoms with Gasteiger partial charge in [0.1, 0.15) is 5.69 Å². The second kappa shape index (κ2) is 6.58. The summed E-state index contributed by atoms with van der Waals surface area (Å²) in [6.45, 7) is 1.87. The number of nitrogens with one attached hydrogen (secondary N) is 1. The van der Waals surface area contributed by atoms with E-state index in [1.165, 1.54) is 17.2 Å². The number of aryl methyl sites for hydroxylation is 1. The van der Waals surface area contributed by atoms with Gasteiger partial charge < -0.3 is 10.2 Å². The highest BCUT2D eigenvalue weighted by Gasteiger charge is 2.12. The topological polar surface area (TPSA) is 62.3 Å². The predicted molar refractivity (Wildman–Crippen MR) is 86.4 cm³/mol. The molecular weight excluding hydrogens is 302 g/mol. The molecule has 1 N–H and O–H groups in total. The second-order valence-electron chi connectivity index (χ2n) is 5.05. The third-order valence-corrected chi connectivity index (χ3v) is 3.48. The van der Waals surface area contributed by atoms with E-state index in [9.17, 15) is 9.59 Å². The molecule has 0 atom stereocenters. The van der Waals surface area contributed by atoms with Crippen molar-refractivity contribution in [3.63, 3.8) is 0 Å². The summed E-state index contributed by atoms with van der Waals surface area (Å²) in [5.74, 6) is -0.522. The lowest BCUT2D eigenvalue weighted by molar-refractivity contribution is 0.0821. The number of amides is 2. The van der Waals surface area contributed by atoms with Crippen molar-refractivity contribution in [2.45, 2.75) is 6.92 Å². The van der Waals surface area contributed by atoms with Crippen LogP contribution in [0.25, 0.3) is 0 Å². The molecule has 0 fully saturated rings. The minimum Gasteiger partial charge on any atom is -0.343 e. The molecule has 0 unspecified atom stereocenters. The van der Waals surface area contributed by atoms with Crippen LogP contribution in [0.3, 0.4) is 0 Å². The van der Waals surface area contributed by atoms with Gasteiger partial charge in [-0.3, -0.25) is 14.6 Å². The first-order valence-corrected chi connectivity index (χ1v) is 7.01. The molecule has 0 saturated heterocycles. The molecule has 0 aliphatic heterocycles. The Morgan fingerprint density at radius 2 is 1.91 bits per heavy atom. The summed E-state index contributed by atoms with van der Waals surface area (Å²) in [7, 11) is 3.28. The fourth-order valence-electron chi connectivity index (χ4n) is 1.79. The van der Waals surface area contributed by atoms with Gasteiger partial charge in [0.2, 0.25) is 0 Å². The van der Waals surface area contributed by atoms with Crippen molar-refractivity contribution in [3.05, 3.63) is 58.4 Å². The predicted octanol–water partition coefficient (Wildman–Crippen LogP) is 3.00. The van der Waals surface area contributed by atoms with Crippen molar-refractivity contribution in [1.29, 1.82) is 0 Å². The van der Waals surface area contributed by atoms with Crippen molar-refractivity contribution >= 4 is 29.1 Å². The quantitative estimate of drug-likeness (QED) is 0.946. The maximum atomic E-state index is 12.2. The van der Waals surface area contributed by atoms with Crippen LogP contribution in [-0.2, 0) is 0 Å². The van der Waals surface area contributed by atoms with E-state index in [4.69, 9.17) is 11.6 Å². The molecular formula is C16H16ClN3O2. The van der Waals surface area contributed by atoms with Crippen LogP contribution >= 0.6 is 11.6 Å². The minimum absolute atomic E-state index is 0.227. The summed E-state index contributed by atoms with van der Waals surface area (Å²) >= 11 is 6.02. The van der Waals surface area contributed by atoms with Gasteiger partial charge in [-0.15, -0.1) is 0 Å². The maximum absolute atomic E-state index is 12.2. The van der Waals surface area contributed by atoms with Crippen LogP contribution < -0.4 is 5.32 Å². The Labute approximate surface area is 133 Å². The van der Waals surface area contributed by atoms with Crippen molar-refractivity contribution in [3.8, 4) is 0 Å². The van der Waals surface area contributed by atoms with E-state index >= 15 is 0 Å². The smallest absolute Gasteiger partial charge is 0.272 e. The van der Waals surface area contributed by atoms with Crippen LogP contribution in [0, 0.1) is 6.92 Å². The first-order chi connectivity index (χ1) is 10.4. The molecule has 6 heteroatoms. The molecule has 0 bridgehead atoms. The average Bonchev–Trinajstić information content (AvgIpc) is 2.49. The first kappa shape index (κ1) is 16.0. The van der Waals surface area contributed by atoms with E-state index in [-0.39, 0.29) is 17.5 Å². The fourth-order valence-corrected chi connectivity index (χ4v) is 1.97. The van der Waals surface area contributed by atoms with E-state index in [0.29, 0.717) is 16.3 Å². The number of anilines is 1. The van der Waals surface area contributed by atoms with Crippen LogP contribution in [-0.4, -0.2) is 35.8 Å². The van der Waals surface area contributed by atoms with Crippen LogP contribution in [0.4, 0.5) is 5.69 Å². The molecule has 22 heavy (non-hydrogen) atoms. The molecule has 0 aliphatic rings. The van der Waals surface area contributed by atoms with E-state index in [1.807, 2.05) is 6.92 Å². The molecule has 0 aliphatic carbocycles. The van der Waals surface area contributed by atoms with Crippen molar-refractivity contribution in [2.24, 2.45) is 0 Å². The number of hydrogen-bond donors (Lipinski definition) is 1. The molecule has 1 aromatic carbocycles. The molecule has 0 spiro atoms. The summed E-state index contributed by atoms with van der Waals surface area (Å²) in [5, 5.41) is 3.26. The van der Waals surface area contributed by atoms with Crippen LogP contribution in [0.2, 0.25) is 5.02 Å². The number of benzene rings is 1. The molecule has 0 radical (unpaired) electrons. The van der Waals surface area contributed by atoms with E-state index in [2.05, 4.69) is 10.3 Å². The number of nitrogens with zero attached hydrogens (tertiary/aromatic N) is 2. The Balaban J connectivity index is 2.19. The third kappa shape index (κ3) is 3.62. The molecule has 5 nitrogen and oxygen atoms in total. The monoisotopic (exact) mass is 317 g/mol. The summed E-state index contributed by atoms with van der Waals surface area (Å²) in [4.78, 5) is 29.5. The standard InChI is InChI=1S/C16H16ClN3O2/c1-10-4-5-11(8-13(10)17)15(21)19-12-6-7-18-14(9-12)16(22)20(2)3/h4-9H,1-3H3,(H,18,19,21). The molecule has 2 rings (SSSR count). The van der Waals surface area contributed by atoms with Gasteiger partial charge in [0.25, 0.3) is 11.8 Å². The Morgan fingerprint density at radius 1 is 1.18 bits per heavy atom. The van der Waals surface area contributed by atoms with Crippen molar-refractivity contribution < 1.29 is 9.59 Å². The molecule has 2 aromatic rings. The zero-order chi connectivity index (χ0) is 16.3. The van der Waals surface area contributed by atoms with Gasteiger partial charge in [0.05, 0.1) is 0 Å². The van der Waals surface area contributed by atoms with Crippen LogP contribution in [0.5, 0.6) is 0 Å². The van der Waals surface area contributed by atoms with Gasteiger partial charge in [-0.05, 0) is 36.8 Å². The third-order valence-electron chi connectivity index (χ3n) is 3.08. The molecule has 114 valence electrons. The maximum Gasteiger partial charge on any atom is 0.272 e. The number of carbonyl (C=O) groups is 2. The normalized spacial score (nSPS) is 10.2. The lowest BCUT2D eigenvalue weighted by Gasteiger charge is -2.11. The summed E-state index contributed by atoms with van der Waals surface area (Å²) < 4.78 is 0. The average molecular weight is 318 g/mol. The summed E-state index contributed by atoms with van der Waals surface area (Å²) in [6.07, 6.45) is 1.48. The van der Waals surface area contributed by atoms with Gasteiger partial charge in [-0.25, -0.2) is 0 Å². The lowest BCUT2D eigenvalue weighted by Crippen LogP contribution is -2.23. The Morgan fingerprint density at radius 3 is 2.55 bits per heavy atom. The number of carbonyl (C=O) groups excluding carboxylic acids is 2. The molecule has 1 heterocycles. The van der Waals surface area contributed by atoms with Gasteiger partial charge in [-0.2, -0.15) is 0 Å². The number of aromatic nitrogens is 1. The minimum atomic E-state index is -0.295. The van der Waals surface area contributed by atoms with Crippen LogP contribution in [0.1, 0.15) is 26.4 Å². The molecule has 1 aromatic heterocycles. The van der Waals surface area contributed by atoms with Gasteiger partial charge in [-0.1, -0.05) is 17.7 Å².